The van der Waals surface area contributed by atoms with Crippen LogP contribution in [0.25, 0.3) is 10.9 Å². The molecule has 2 heterocycles. The Morgan fingerprint density at radius 3 is 2.88 bits per heavy atom. The second-order valence-corrected chi connectivity index (χ2v) is 6.14. The lowest BCUT2D eigenvalue weighted by Gasteiger charge is -2.07. The van der Waals surface area contributed by atoms with Crippen molar-refractivity contribution in [2.75, 3.05) is 0 Å². The van der Waals surface area contributed by atoms with Gasteiger partial charge in [0.05, 0.1) is 0 Å². The molecule has 5 heteroatoms. The quantitative estimate of drug-likeness (QED) is 0.526. The molecule has 3 rings (SSSR count). The predicted molar refractivity (Wildman–Crippen MR) is 95.0 cm³/mol. The fourth-order valence-electron chi connectivity index (χ4n) is 2.70. The van der Waals surface area contributed by atoms with Gasteiger partial charge in [-0.25, -0.2) is 4.98 Å². The zero-order chi connectivity index (χ0) is 16.9. The first kappa shape index (κ1) is 16.5. The molecule has 0 aliphatic heterocycles. The maximum atomic E-state index is 11.9. The minimum atomic E-state index is -0.191. The molecule has 4 nitrogen and oxygen atoms in total. The van der Waals surface area contributed by atoms with E-state index in [1.165, 1.54) is 10.9 Å². The third kappa shape index (κ3) is 3.95. The summed E-state index contributed by atoms with van der Waals surface area (Å²) in [5.41, 5.74) is 4.02. The second kappa shape index (κ2) is 7.49. The fourth-order valence-corrected chi connectivity index (χ4v) is 2.89. The van der Waals surface area contributed by atoms with E-state index < -0.39 is 0 Å². The van der Waals surface area contributed by atoms with Crippen LogP contribution in [0.1, 0.15) is 29.7 Å². The highest BCUT2D eigenvalue weighted by Crippen LogP contribution is 2.19. The molecule has 24 heavy (non-hydrogen) atoms. The number of carbonyl (C=O) groups is 1. The SMILES string of the molecule is Cc1nc(Cl)ccc1COC(=O)CCCc1c[nH]c2ccccc12. The van der Waals surface area contributed by atoms with Crippen LogP contribution in [0.15, 0.2) is 42.6 Å². The first-order valence-corrected chi connectivity index (χ1v) is 8.34. The van der Waals surface area contributed by atoms with E-state index in [0.29, 0.717) is 11.6 Å². The zero-order valence-electron chi connectivity index (χ0n) is 13.5. The monoisotopic (exact) mass is 342 g/mol. The van der Waals surface area contributed by atoms with Crippen LogP contribution in [0.5, 0.6) is 0 Å². The van der Waals surface area contributed by atoms with Gasteiger partial charge in [0, 0.05) is 34.8 Å². The number of aromatic amines is 1. The molecular weight excluding hydrogens is 324 g/mol. The van der Waals surface area contributed by atoms with Crippen molar-refractivity contribution in [3.05, 3.63) is 64.6 Å². The Bertz CT molecular complexity index is 857. The number of carbonyl (C=O) groups excluding carboxylic acids is 1. The summed E-state index contributed by atoms with van der Waals surface area (Å²) in [7, 11) is 0. The minimum Gasteiger partial charge on any atom is -0.461 e. The lowest BCUT2D eigenvalue weighted by Crippen LogP contribution is -2.06. The van der Waals surface area contributed by atoms with E-state index in [1.54, 1.807) is 6.07 Å². The van der Waals surface area contributed by atoms with Gasteiger partial charge in [-0.1, -0.05) is 35.9 Å². The summed E-state index contributed by atoms with van der Waals surface area (Å²) in [4.78, 5) is 19.3. The van der Waals surface area contributed by atoms with Crippen LogP contribution >= 0.6 is 11.6 Å². The van der Waals surface area contributed by atoms with E-state index in [0.717, 1.165) is 29.6 Å². The Morgan fingerprint density at radius 1 is 1.21 bits per heavy atom. The highest BCUT2D eigenvalue weighted by Gasteiger charge is 2.08. The van der Waals surface area contributed by atoms with Crippen molar-refractivity contribution in [2.24, 2.45) is 0 Å². The van der Waals surface area contributed by atoms with Crippen LogP contribution in [0.4, 0.5) is 0 Å². The number of H-pyrrole nitrogens is 1. The van der Waals surface area contributed by atoms with Crippen molar-refractivity contribution in [2.45, 2.75) is 32.8 Å². The van der Waals surface area contributed by atoms with Crippen molar-refractivity contribution < 1.29 is 9.53 Å². The molecule has 0 atom stereocenters. The molecule has 0 saturated carbocycles. The molecular formula is C19H19ClN2O2. The van der Waals surface area contributed by atoms with Crippen LogP contribution < -0.4 is 0 Å². The van der Waals surface area contributed by atoms with Gasteiger partial charge < -0.3 is 9.72 Å². The second-order valence-electron chi connectivity index (χ2n) is 5.75. The van der Waals surface area contributed by atoms with E-state index in [4.69, 9.17) is 16.3 Å². The molecule has 0 radical (unpaired) electrons. The third-order valence-corrected chi connectivity index (χ3v) is 4.26. The molecule has 0 amide bonds. The maximum absolute atomic E-state index is 11.9. The number of hydrogen-bond acceptors (Lipinski definition) is 3. The molecule has 1 aromatic carbocycles. The fraction of sp³-hybridized carbons (Fsp3) is 0.263. The summed E-state index contributed by atoms with van der Waals surface area (Å²) in [6.45, 7) is 2.09. The van der Waals surface area contributed by atoms with Gasteiger partial charge in [0.25, 0.3) is 0 Å². The molecule has 0 saturated heterocycles. The zero-order valence-corrected chi connectivity index (χ0v) is 14.3. The highest BCUT2D eigenvalue weighted by molar-refractivity contribution is 6.29. The van der Waals surface area contributed by atoms with Crippen molar-refractivity contribution in [1.82, 2.24) is 9.97 Å². The summed E-state index contributed by atoms with van der Waals surface area (Å²) in [6, 6.07) is 11.7. The number of hydrogen-bond donors (Lipinski definition) is 1. The van der Waals surface area contributed by atoms with Crippen LogP contribution in [0, 0.1) is 6.92 Å². The van der Waals surface area contributed by atoms with Gasteiger partial charge in [-0.15, -0.1) is 0 Å². The van der Waals surface area contributed by atoms with Gasteiger partial charge in [-0.05, 0) is 37.5 Å². The summed E-state index contributed by atoms with van der Waals surface area (Å²) in [6.07, 6.45) is 4.03. The standard InChI is InChI=1S/C19H19ClN2O2/c1-13-15(9-10-18(20)22-13)12-24-19(23)8-4-5-14-11-21-17-7-3-2-6-16(14)17/h2-3,6-7,9-11,21H,4-5,8,12H2,1H3. The molecule has 0 spiro atoms. The minimum absolute atomic E-state index is 0.191. The van der Waals surface area contributed by atoms with Crippen LogP contribution in [0.2, 0.25) is 5.15 Å². The van der Waals surface area contributed by atoms with Crippen LogP contribution in [-0.2, 0) is 22.6 Å². The number of aromatic nitrogens is 2. The number of para-hydroxylation sites is 1. The van der Waals surface area contributed by atoms with E-state index in [9.17, 15) is 4.79 Å². The average molecular weight is 343 g/mol. The molecule has 1 N–H and O–H groups in total. The largest absolute Gasteiger partial charge is 0.461 e. The first-order chi connectivity index (χ1) is 11.6. The lowest BCUT2D eigenvalue weighted by molar-refractivity contribution is -0.145. The summed E-state index contributed by atoms with van der Waals surface area (Å²) < 4.78 is 5.33. The molecule has 0 unspecified atom stereocenters. The van der Waals surface area contributed by atoms with Crippen molar-refractivity contribution in [1.29, 1.82) is 0 Å². The van der Waals surface area contributed by atoms with E-state index in [-0.39, 0.29) is 12.6 Å². The smallest absolute Gasteiger partial charge is 0.306 e. The Morgan fingerprint density at radius 2 is 2.04 bits per heavy atom. The number of esters is 1. The molecule has 0 aliphatic rings. The number of nitrogens with zero attached hydrogens (tertiary/aromatic N) is 1. The van der Waals surface area contributed by atoms with Crippen LogP contribution in [0.3, 0.4) is 0 Å². The Balaban J connectivity index is 1.47. The van der Waals surface area contributed by atoms with Gasteiger partial charge in [0.15, 0.2) is 0 Å². The molecule has 0 aliphatic carbocycles. The Kier molecular flexibility index (Phi) is 5.16. The molecule has 3 aromatic rings. The Labute approximate surface area is 145 Å². The summed E-state index contributed by atoms with van der Waals surface area (Å²) >= 11 is 5.82. The number of ether oxygens (including phenoxy) is 1. The third-order valence-electron chi connectivity index (χ3n) is 4.05. The van der Waals surface area contributed by atoms with Gasteiger partial charge >= 0.3 is 5.97 Å². The first-order valence-electron chi connectivity index (χ1n) is 7.96. The number of aryl methyl sites for hydroxylation is 2. The predicted octanol–water partition coefficient (Wildman–Crippen LogP) is 4.59. The molecule has 2 aromatic heterocycles. The lowest BCUT2D eigenvalue weighted by atomic mass is 10.1. The number of rotatable bonds is 6. The Hall–Kier alpha value is -2.33. The average Bonchev–Trinajstić information content (AvgIpc) is 2.97. The van der Waals surface area contributed by atoms with E-state index >= 15 is 0 Å². The van der Waals surface area contributed by atoms with Crippen molar-refractivity contribution >= 4 is 28.5 Å². The van der Waals surface area contributed by atoms with E-state index in [1.807, 2.05) is 31.3 Å². The molecule has 124 valence electrons. The summed E-state index contributed by atoms with van der Waals surface area (Å²) in [5.74, 6) is -0.191. The molecule has 0 bridgehead atoms. The number of pyridine rings is 1. The highest BCUT2D eigenvalue weighted by atomic mass is 35.5. The van der Waals surface area contributed by atoms with Gasteiger partial charge in [-0.3, -0.25) is 4.79 Å². The number of fused-ring (bicyclic) bond motifs is 1. The normalized spacial score (nSPS) is 10.9. The van der Waals surface area contributed by atoms with Crippen molar-refractivity contribution in [3.8, 4) is 0 Å². The number of benzene rings is 1. The van der Waals surface area contributed by atoms with Crippen molar-refractivity contribution in [3.63, 3.8) is 0 Å². The number of halogens is 1. The molecule has 0 fully saturated rings. The number of nitrogens with one attached hydrogen (secondary N) is 1. The maximum Gasteiger partial charge on any atom is 0.306 e. The van der Waals surface area contributed by atoms with Gasteiger partial charge in [0.2, 0.25) is 0 Å². The van der Waals surface area contributed by atoms with E-state index in [2.05, 4.69) is 22.1 Å². The van der Waals surface area contributed by atoms with Gasteiger partial charge in [-0.2, -0.15) is 0 Å². The van der Waals surface area contributed by atoms with Crippen LogP contribution in [-0.4, -0.2) is 15.9 Å². The van der Waals surface area contributed by atoms with Gasteiger partial charge in [0.1, 0.15) is 11.8 Å². The topological polar surface area (TPSA) is 55.0 Å². The summed E-state index contributed by atoms with van der Waals surface area (Å²) in [5, 5.41) is 1.66.